The molecule has 12 nitrogen and oxygen atoms in total. The predicted molar refractivity (Wildman–Crippen MR) is 167 cm³/mol. The Kier molecular flexibility index (Phi) is 20.1. The second kappa shape index (κ2) is 22.6. The number of halogens is 2. The van der Waals surface area contributed by atoms with Crippen LogP contribution >= 0.6 is 23.2 Å². The summed E-state index contributed by atoms with van der Waals surface area (Å²) in [6.07, 6.45) is 10.3. The third-order valence-corrected chi connectivity index (χ3v) is 5.27. The standard InChI is InChI=1S/C13H12N4O4.C13H12N2O.C3H5N.CH2Cl2/c1-8-2-4-9(5-3-8)12(15-16-14)13(20)21-17-10(18)6-7-11(17)19;1-3-4-5-12(16)13(15-14)11-8-6-10(2)7-9-11;1-2-3-4;2-1-3/h2-5,12H,6-7H2,1H3;1,6-9H,4-5H2,2H3;1H,3-4H2;1H2. The molecule has 0 aromatic heterocycles. The Bertz CT molecular complexity index is 1440. The van der Waals surface area contributed by atoms with Crippen molar-refractivity contribution in [1.29, 1.82) is 0 Å². The maximum Gasteiger partial charge on any atom is 0.364 e. The van der Waals surface area contributed by atoms with Crippen LogP contribution in [-0.4, -0.2) is 51.0 Å². The highest BCUT2D eigenvalue weighted by Gasteiger charge is 2.35. The lowest BCUT2D eigenvalue weighted by molar-refractivity contribution is -0.198. The predicted octanol–water partition coefficient (Wildman–Crippen LogP) is 4.95. The maximum atomic E-state index is 12.0. The van der Waals surface area contributed by atoms with Gasteiger partial charge in [-0.15, -0.1) is 47.0 Å². The molecule has 0 spiro atoms. The average Bonchev–Trinajstić information content (AvgIpc) is 3.33. The summed E-state index contributed by atoms with van der Waals surface area (Å²) in [5.41, 5.74) is 25.3. The molecular formula is C30H31Cl2N7O5. The molecule has 1 aliphatic rings. The molecule has 44 heavy (non-hydrogen) atoms. The van der Waals surface area contributed by atoms with Gasteiger partial charge in [0, 0.05) is 30.6 Å². The lowest BCUT2D eigenvalue weighted by atomic mass is 10.0. The van der Waals surface area contributed by atoms with Gasteiger partial charge >= 0.3 is 11.7 Å². The first-order valence-electron chi connectivity index (χ1n) is 12.7. The van der Waals surface area contributed by atoms with E-state index in [0.717, 1.165) is 11.1 Å². The highest BCUT2D eigenvalue weighted by Crippen LogP contribution is 2.22. The first kappa shape index (κ1) is 39.1. The Labute approximate surface area is 265 Å². The number of Topliss-reactive ketones (excluding diaryl/α,β-unsaturated/α-hetero) is 1. The van der Waals surface area contributed by atoms with E-state index in [1.54, 1.807) is 36.4 Å². The number of carbonyl (C=O) groups is 4. The van der Waals surface area contributed by atoms with Crippen molar-refractivity contribution >= 4 is 52.5 Å². The number of hydrogen-bond acceptors (Lipinski definition) is 7. The van der Waals surface area contributed by atoms with Gasteiger partial charge < -0.3 is 16.1 Å². The zero-order chi connectivity index (χ0) is 33.5. The Morgan fingerprint density at radius 2 is 1.48 bits per heavy atom. The van der Waals surface area contributed by atoms with Crippen LogP contribution in [0, 0.1) is 38.5 Å². The number of azide groups is 1. The Morgan fingerprint density at radius 1 is 1.00 bits per heavy atom. The zero-order valence-electron chi connectivity index (χ0n) is 24.2. The zero-order valence-corrected chi connectivity index (χ0v) is 25.7. The van der Waals surface area contributed by atoms with E-state index in [4.69, 9.17) is 51.3 Å². The molecule has 0 aliphatic carbocycles. The summed E-state index contributed by atoms with van der Waals surface area (Å²) in [5.74, 6) is 2.20. The fraction of sp³-hybridized carbons (Fsp3) is 0.300. The molecule has 1 fully saturated rings. The van der Waals surface area contributed by atoms with Gasteiger partial charge in [-0.25, -0.2) is 4.79 Å². The van der Waals surface area contributed by atoms with Gasteiger partial charge in [-0.3, -0.25) is 14.4 Å². The quantitative estimate of drug-likeness (QED) is 0.0807. The number of terminal acetylenes is 2. The smallest absolute Gasteiger partial charge is 0.361 e. The van der Waals surface area contributed by atoms with Crippen LogP contribution in [0.25, 0.3) is 16.0 Å². The van der Waals surface area contributed by atoms with Crippen molar-refractivity contribution in [1.82, 2.24) is 5.06 Å². The number of imide groups is 1. The molecule has 2 N–H and O–H groups in total. The third-order valence-electron chi connectivity index (χ3n) is 5.27. The Morgan fingerprint density at radius 3 is 1.89 bits per heavy atom. The lowest BCUT2D eigenvalue weighted by Gasteiger charge is -2.16. The van der Waals surface area contributed by atoms with Crippen LogP contribution in [0.2, 0.25) is 0 Å². The van der Waals surface area contributed by atoms with Gasteiger partial charge in [-0.05, 0) is 37.1 Å². The van der Waals surface area contributed by atoms with Crippen LogP contribution in [0.5, 0.6) is 0 Å². The van der Waals surface area contributed by atoms with E-state index >= 15 is 0 Å². The number of hydrogen-bond donors (Lipinski definition) is 1. The molecule has 0 bridgehead atoms. The summed E-state index contributed by atoms with van der Waals surface area (Å²) in [7, 11) is 0. The number of rotatable bonds is 8. The molecule has 1 heterocycles. The number of nitrogens with two attached hydrogens (primary N) is 1. The molecule has 1 atom stereocenters. The fourth-order valence-corrected chi connectivity index (χ4v) is 3.14. The van der Waals surface area contributed by atoms with Crippen LogP contribution in [0.15, 0.2) is 53.6 Å². The van der Waals surface area contributed by atoms with Crippen molar-refractivity contribution in [3.63, 3.8) is 0 Å². The molecule has 0 saturated carbocycles. The molecule has 2 amide bonds. The van der Waals surface area contributed by atoms with Crippen LogP contribution in [0.3, 0.4) is 0 Å². The molecular weight excluding hydrogens is 609 g/mol. The average molecular weight is 641 g/mol. The Hall–Kier alpha value is -4.93. The summed E-state index contributed by atoms with van der Waals surface area (Å²) in [6, 6.07) is 12.7. The number of alkyl halides is 2. The van der Waals surface area contributed by atoms with Crippen molar-refractivity contribution in [2.45, 2.75) is 45.6 Å². The maximum absolute atomic E-state index is 12.0. The lowest BCUT2D eigenvalue weighted by Crippen LogP contribution is -2.33. The molecule has 1 unspecified atom stereocenters. The normalized spacial score (nSPS) is 11.6. The minimum atomic E-state index is -1.25. The number of carbonyl (C=O) groups excluding carboxylic acids is 4. The number of benzene rings is 2. The van der Waals surface area contributed by atoms with Crippen LogP contribution < -0.4 is 5.73 Å². The van der Waals surface area contributed by atoms with Crippen LogP contribution in [0.1, 0.15) is 54.0 Å². The number of ketones is 1. The molecule has 0 radical (unpaired) electrons. The molecule has 230 valence electrons. The minimum absolute atomic E-state index is 0.00281. The largest absolute Gasteiger partial charge is 0.364 e. The van der Waals surface area contributed by atoms with Crippen LogP contribution in [-0.2, 0) is 24.0 Å². The topological polar surface area (TPSA) is 192 Å². The molecule has 1 aliphatic heterocycles. The highest BCUT2D eigenvalue weighted by atomic mass is 35.5. The summed E-state index contributed by atoms with van der Waals surface area (Å²) in [5, 5.41) is 3.99. The van der Waals surface area contributed by atoms with Gasteiger partial charge in [-0.1, -0.05) is 58.6 Å². The van der Waals surface area contributed by atoms with Gasteiger partial charge in [0.15, 0.2) is 6.04 Å². The van der Waals surface area contributed by atoms with Crippen molar-refractivity contribution in [3.8, 4) is 24.7 Å². The second-order valence-electron chi connectivity index (χ2n) is 8.46. The van der Waals surface area contributed by atoms with E-state index in [1.165, 1.54) is 0 Å². The number of amides is 2. The summed E-state index contributed by atoms with van der Waals surface area (Å²) in [6.45, 7) is 4.16. The van der Waals surface area contributed by atoms with E-state index < -0.39 is 23.8 Å². The number of nitrogens with zero attached hydrogens (tertiary/aromatic N) is 6. The fourth-order valence-electron chi connectivity index (χ4n) is 3.14. The van der Waals surface area contributed by atoms with Crippen molar-refractivity contribution in [3.05, 3.63) is 86.8 Å². The van der Waals surface area contributed by atoms with Gasteiger partial charge in [0.25, 0.3) is 11.8 Å². The van der Waals surface area contributed by atoms with Gasteiger partial charge in [0.2, 0.25) is 5.78 Å². The van der Waals surface area contributed by atoms with Gasteiger partial charge in [0.05, 0.1) is 17.4 Å². The second-order valence-corrected chi connectivity index (χ2v) is 9.27. The molecule has 2 aromatic rings. The molecule has 14 heteroatoms. The third kappa shape index (κ3) is 14.3. The van der Waals surface area contributed by atoms with Crippen LogP contribution in [0.4, 0.5) is 0 Å². The first-order valence-corrected chi connectivity index (χ1v) is 13.8. The Balaban J connectivity index is 0.000000710. The molecule has 1 saturated heterocycles. The number of aryl methyl sites for hydroxylation is 2. The van der Waals surface area contributed by atoms with Crippen molar-refractivity contribution < 1.29 is 28.8 Å². The molecule has 2 aromatic carbocycles. The SMILES string of the molecule is C#CCCC(=O)C(=[N+]=[N-])c1ccc(C)cc1.C#CCN.Cc1ccc(C(N=[N+]=[N-])C(=O)ON2C(=O)CCC2=O)cc1.ClCCl. The van der Waals surface area contributed by atoms with E-state index in [2.05, 4.69) is 33.1 Å². The number of hydroxylamine groups is 2. The van der Waals surface area contributed by atoms with E-state index in [0.29, 0.717) is 29.2 Å². The highest BCUT2D eigenvalue weighted by molar-refractivity contribution is 6.43. The van der Waals surface area contributed by atoms with Gasteiger partial charge in [-0.2, -0.15) is 4.79 Å². The minimum Gasteiger partial charge on any atom is -0.361 e. The summed E-state index contributed by atoms with van der Waals surface area (Å²) < 4.78 is 0. The van der Waals surface area contributed by atoms with E-state index in [-0.39, 0.29) is 36.1 Å². The molecule has 3 rings (SSSR count). The first-order chi connectivity index (χ1) is 21.0. The summed E-state index contributed by atoms with van der Waals surface area (Å²) in [4.78, 5) is 56.9. The van der Waals surface area contributed by atoms with E-state index in [1.807, 2.05) is 26.0 Å². The van der Waals surface area contributed by atoms with Crippen molar-refractivity contribution in [2.24, 2.45) is 10.8 Å². The van der Waals surface area contributed by atoms with Crippen molar-refractivity contribution in [2.75, 3.05) is 11.9 Å². The monoisotopic (exact) mass is 639 g/mol. The van der Waals surface area contributed by atoms with E-state index in [9.17, 15) is 19.2 Å². The summed E-state index contributed by atoms with van der Waals surface area (Å²) >= 11 is 9.53. The van der Waals surface area contributed by atoms with Gasteiger partial charge in [0.1, 0.15) is 0 Å².